The number of Topliss-reactive ketones (excluding diaryl/α,β-unsaturated/α-hetero) is 2. The summed E-state index contributed by atoms with van der Waals surface area (Å²) in [6, 6.07) is 0.0244. The maximum atomic E-state index is 11.7. The fraction of sp³-hybridized carbons (Fsp3) is 0.818. The Bertz CT molecular complexity index is 270. The fourth-order valence-corrected chi connectivity index (χ4v) is 2.38. The Morgan fingerprint density at radius 1 is 1.13 bits per heavy atom. The maximum absolute atomic E-state index is 11.7. The van der Waals surface area contributed by atoms with Crippen LogP contribution in [0.1, 0.15) is 19.3 Å². The Balaban J connectivity index is 1.93. The Morgan fingerprint density at radius 3 is 2.40 bits per heavy atom. The molecule has 1 saturated heterocycles. The minimum atomic E-state index is 0.0244. The van der Waals surface area contributed by atoms with Gasteiger partial charge in [-0.05, 0) is 13.5 Å². The summed E-state index contributed by atoms with van der Waals surface area (Å²) in [6.45, 7) is 3.97. The van der Waals surface area contributed by atoms with Gasteiger partial charge in [-0.3, -0.25) is 14.5 Å². The van der Waals surface area contributed by atoms with Gasteiger partial charge in [0.25, 0.3) is 0 Å². The molecule has 4 heteroatoms. The van der Waals surface area contributed by atoms with Gasteiger partial charge in [0.1, 0.15) is 5.78 Å². The lowest BCUT2D eigenvalue weighted by atomic mass is 9.91. The molecule has 84 valence electrons. The molecule has 0 aromatic heterocycles. The molecule has 4 nitrogen and oxygen atoms in total. The molecule has 0 N–H and O–H groups in total. The lowest BCUT2D eigenvalue weighted by molar-refractivity contribution is -0.134. The van der Waals surface area contributed by atoms with Crippen molar-refractivity contribution in [3.05, 3.63) is 0 Å². The minimum Gasteiger partial charge on any atom is -0.304 e. The molecule has 0 spiro atoms. The van der Waals surface area contributed by atoms with Crippen molar-refractivity contribution in [1.82, 2.24) is 9.80 Å². The number of rotatable bonds is 1. The molecule has 2 fully saturated rings. The van der Waals surface area contributed by atoms with Crippen molar-refractivity contribution >= 4 is 11.6 Å². The van der Waals surface area contributed by atoms with Crippen molar-refractivity contribution < 1.29 is 9.59 Å². The van der Waals surface area contributed by atoms with E-state index in [4.69, 9.17) is 0 Å². The van der Waals surface area contributed by atoms with E-state index in [-0.39, 0.29) is 24.0 Å². The predicted molar refractivity (Wildman–Crippen MR) is 56.7 cm³/mol. The number of ketones is 2. The highest BCUT2D eigenvalue weighted by molar-refractivity contribution is 6.03. The zero-order chi connectivity index (χ0) is 10.8. The van der Waals surface area contributed by atoms with Crippen LogP contribution in [0.4, 0.5) is 0 Å². The van der Waals surface area contributed by atoms with E-state index < -0.39 is 0 Å². The molecular formula is C11H18N2O2. The Morgan fingerprint density at radius 2 is 1.80 bits per heavy atom. The topological polar surface area (TPSA) is 40.6 Å². The van der Waals surface area contributed by atoms with Gasteiger partial charge in [0.05, 0.1) is 12.5 Å². The number of hydrogen-bond donors (Lipinski definition) is 0. The number of piperazine rings is 1. The highest BCUT2D eigenvalue weighted by atomic mass is 16.2. The Labute approximate surface area is 90.2 Å². The summed E-state index contributed by atoms with van der Waals surface area (Å²) in [4.78, 5) is 27.3. The molecule has 2 aliphatic rings. The molecule has 1 atom stereocenters. The maximum Gasteiger partial charge on any atom is 0.157 e. The van der Waals surface area contributed by atoms with Gasteiger partial charge in [-0.2, -0.15) is 0 Å². The zero-order valence-electron chi connectivity index (χ0n) is 9.24. The van der Waals surface area contributed by atoms with Crippen molar-refractivity contribution in [2.24, 2.45) is 0 Å². The van der Waals surface area contributed by atoms with Gasteiger partial charge in [-0.15, -0.1) is 0 Å². The van der Waals surface area contributed by atoms with Crippen LogP contribution in [0.3, 0.4) is 0 Å². The van der Waals surface area contributed by atoms with Gasteiger partial charge >= 0.3 is 0 Å². The minimum absolute atomic E-state index is 0.0244. The van der Waals surface area contributed by atoms with Crippen LogP contribution in [0, 0.1) is 0 Å². The van der Waals surface area contributed by atoms with Crippen LogP contribution < -0.4 is 0 Å². The molecule has 0 aromatic rings. The third-order valence-electron chi connectivity index (χ3n) is 3.42. The summed E-state index contributed by atoms with van der Waals surface area (Å²) in [5.74, 6) is 0.251. The van der Waals surface area contributed by atoms with E-state index in [1.165, 1.54) is 0 Å². The van der Waals surface area contributed by atoms with E-state index in [9.17, 15) is 9.59 Å². The number of likely N-dealkylation sites (N-methyl/N-ethyl adjacent to an activating group) is 1. The summed E-state index contributed by atoms with van der Waals surface area (Å²) in [5, 5.41) is 0. The Hall–Kier alpha value is -0.740. The highest BCUT2D eigenvalue weighted by Gasteiger charge is 2.32. The van der Waals surface area contributed by atoms with Gasteiger partial charge in [-0.1, -0.05) is 0 Å². The van der Waals surface area contributed by atoms with Crippen LogP contribution in [0.15, 0.2) is 0 Å². The van der Waals surface area contributed by atoms with E-state index in [0.29, 0.717) is 6.42 Å². The second-order valence-corrected chi connectivity index (χ2v) is 4.58. The summed E-state index contributed by atoms with van der Waals surface area (Å²) in [6.07, 6.45) is 1.49. The second kappa shape index (κ2) is 4.41. The average Bonchev–Trinajstić information content (AvgIpc) is 2.20. The summed E-state index contributed by atoms with van der Waals surface area (Å²) in [7, 11) is 2.10. The molecule has 15 heavy (non-hydrogen) atoms. The van der Waals surface area contributed by atoms with E-state index in [1.54, 1.807) is 0 Å². The summed E-state index contributed by atoms with van der Waals surface area (Å²) < 4.78 is 0. The quantitative estimate of drug-likeness (QED) is 0.568. The average molecular weight is 210 g/mol. The molecule has 1 saturated carbocycles. The van der Waals surface area contributed by atoms with Gasteiger partial charge in [0, 0.05) is 32.6 Å². The first-order valence-electron chi connectivity index (χ1n) is 5.64. The van der Waals surface area contributed by atoms with Crippen LogP contribution in [0.25, 0.3) is 0 Å². The molecule has 0 aromatic carbocycles. The SMILES string of the molecule is CN1CCN(C2CCC(=O)CC2=O)CC1. The third-order valence-corrected chi connectivity index (χ3v) is 3.42. The van der Waals surface area contributed by atoms with Crippen LogP contribution in [-0.4, -0.2) is 60.6 Å². The largest absolute Gasteiger partial charge is 0.304 e. The molecule has 1 aliphatic carbocycles. The van der Waals surface area contributed by atoms with E-state index in [2.05, 4.69) is 16.8 Å². The summed E-state index contributed by atoms with van der Waals surface area (Å²) in [5.41, 5.74) is 0. The van der Waals surface area contributed by atoms with Crippen molar-refractivity contribution in [3.8, 4) is 0 Å². The van der Waals surface area contributed by atoms with Crippen LogP contribution in [0.5, 0.6) is 0 Å². The molecule has 2 rings (SSSR count). The second-order valence-electron chi connectivity index (χ2n) is 4.58. The first-order chi connectivity index (χ1) is 7.16. The normalized spacial score (nSPS) is 30.9. The van der Waals surface area contributed by atoms with Crippen molar-refractivity contribution in [2.45, 2.75) is 25.3 Å². The van der Waals surface area contributed by atoms with Gasteiger partial charge in [0.15, 0.2) is 5.78 Å². The molecule has 1 aliphatic heterocycles. The van der Waals surface area contributed by atoms with Crippen LogP contribution >= 0.6 is 0 Å². The molecule has 0 amide bonds. The molecule has 0 radical (unpaired) electrons. The molecule has 1 unspecified atom stereocenters. The van der Waals surface area contributed by atoms with Crippen molar-refractivity contribution in [1.29, 1.82) is 0 Å². The van der Waals surface area contributed by atoms with E-state index >= 15 is 0 Å². The van der Waals surface area contributed by atoms with Gasteiger partial charge in [0.2, 0.25) is 0 Å². The summed E-state index contributed by atoms with van der Waals surface area (Å²) >= 11 is 0. The molecular weight excluding hydrogens is 192 g/mol. The zero-order valence-corrected chi connectivity index (χ0v) is 9.24. The smallest absolute Gasteiger partial charge is 0.157 e. The monoisotopic (exact) mass is 210 g/mol. The van der Waals surface area contributed by atoms with Gasteiger partial charge in [-0.25, -0.2) is 0 Å². The van der Waals surface area contributed by atoms with Crippen LogP contribution in [0.2, 0.25) is 0 Å². The lowest BCUT2D eigenvalue weighted by Crippen LogP contribution is -2.53. The lowest BCUT2D eigenvalue weighted by Gasteiger charge is -2.38. The van der Waals surface area contributed by atoms with Crippen molar-refractivity contribution in [2.75, 3.05) is 33.2 Å². The van der Waals surface area contributed by atoms with Gasteiger partial charge < -0.3 is 4.90 Å². The molecule has 1 heterocycles. The third kappa shape index (κ3) is 2.44. The number of nitrogens with zero attached hydrogens (tertiary/aromatic N) is 2. The predicted octanol–water partition coefficient (Wildman–Crippen LogP) is -0.0755. The standard InChI is InChI=1S/C11H18N2O2/c1-12-4-6-13(7-5-12)10-3-2-9(14)8-11(10)15/h10H,2-8H2,1H3. The number of carbonyl (C=O) groups excluding carboxylic acids is 2. The van der Waals surface area contributed by atoms with E-state index in [1.807, 2.05) is 0 Å². The van der Waals surface area contributed by atoms with E-state index in [0.717, 1.165) is 32.6 Å². The van der Waals surface area contributed by atoms with Crippen LogP contribution in [-0.2, 0) is 9.59 Å². The highest BCUT2D eigenvalue weighted by Crippen LogP contribution is 2.18. The molecule has 0 bridgehead atoms. The van der Waals surface area contributed by atoms with Crippen molar-refractivity contribution in [3.63, 3.8) is 0 Å². The first kappa shape index (κ1) is 10.8. The number of hydrogen-bond acceptors (Lipinski definition) is 4. The number of carbonyl (C=O) groups is 2. The first-order valence-corrected chi connectivity index (χ1v) is 5.64. The fourth-order valence-electron chi connectivity index (χ4n) is 2.38. The Kier molecular flexibility index (Phi) is 3.17.